The number of carbonyl (C=O) groups excluding carboxylic acids is 2. The number of carbonyl (C=O) groups is 2. The monoisotopic (exact) mass is 283 g/mol. The number of hydrogen-bond donors (Lipinski definition) is 1. The van der Waals surface area contributed by atoms with Gasteiger partial charge in [0.1, 0.15) is 0 Å². The van der Waals surface area contributed by atoms with Crippen molar-refractivity contribution in [3.63, 3.8) is 0 Å². The van der Waals surface area contributed by atoms with Crippen LogP contribution in [0.5, 0.6) is 0 Å². The maximum absolute atomic E-state index is 12.3. The molecule has 9 nitrogen and oxygen atoms in total. The Labute approximate surface area is 113 Å². The van der Waals surface area contributed by atoms with Crippen molar-refractivity contribution in [3.8, 4) is 0 Å². The van der Waals surface area contributed by atoms with Gasteiger partial charge in [-0.2, -0.15) is 0 Å². The molecule has 1 saturated heterocycles. The Balaban J connectivity index is 2.20. The lowest BCUT2D eigenvalue weighted by atomic mass is 10.2. The molecular formula is C11H13N3O6. The molecule has 2 rings (SSSR count). The van der Waals surface area contributed by atoms with E-state index in [9.17, 15) is 19.7 Å². The van der Waals surface area contributed by atoms with E-state index in [1.165, 1.54) is 24.1 Å². The standard InChI is InChI=1S/C11H13N3O6/c1-19-11(16)8-6-20-5-4-13(8)10(15)7-2-3-9(12-7)14(17)18/h2-3,8,12H,4-6H2,1H3. The SMILES string of the molecule is COC(=O)C1COCCN1C(=O)c1ccc([N+](=O)[O-])[nH]1. The van der Waals surface area contributed by atoms with Gasteiger partial charge in [0.05, 0.1) is 20.3 Å². The second-order valence-corrected chi connectivity index (χ2v) is 4.13. The van der Waals surface area contributed by atoms with Gasteiger partial charge in [-0.3, -0.25) is 4.79 Å². The number of nitrogens with one attached hydrogen (secondary N) is 1. The van der Waals surface area contributed by atoms with Crippen LogP contribution in [0.1, 0.15) is 10.5 Å². The Hall–Kier alpha value is -2.42. The number of morpholine rings is 1. The Kier molecular flexibility index (Phi) is 3.99. The molecule has 2 heterocycles. The number of aromatic amines is 1. The summed E-state index contributed by atoms with van der Waals surface area (Å²) >= 11 is 0. The molecule has 0 radical (unpaired) electrons. The van der Waals surface area contributed by atoms with Gasteiger partial charge in [-0.05, 0) is 11.0 Å². The molecule has 20 heavy (non-hydrogen) atoms. The molecule has 1 atom stereocenters. The van der Waals surface area contributed by atoms with E-state index in [0.717, 1.165) is 0 Å². The van der Waals surface area contributed by atoms with Crippen LogP contribution in [0, 0.1) is 10.1 Å². The van der Waals surface area contributed by atoms with Crippen LogP contribution in [-0.4, -0.2) is 59.6 Å². The third-order valence-electron chi connectivity index (χ3n) is 2.96. The second kappa shape index (κ2) is 5.70. The first-order valence-corrected chi connectivity index (χ1v) is 5.84. The summed E-state index contributed by atoms with van der Waals surface area (Å²) in [6.07, 6.45) is 0. The number of amides is 1. The first-order valence-electron chi connectivity index (χ1n) is 5.84. The molecule has 0 aliphatic carbocycles. The molecule has 1 aromatic rings. The van der Waals surface area contributed by atoms with Crippen LogP contribution in [0.2, 0.25) is 0 Å². The Bertz CT molecular complexity index is 540. The van der Waals surface area contributed by atoms with Gasteiger partial charge >= 0.3 is 11.8 Å². The average Bonchev–Trinajstić information content (AvgIpc) is 2.95. The van der Waals surface area contributed by atoms with Gasteiger partial charge in [0, 0.05) is 12.6 Å². The van der Waals surface area contributed by atoms with Crippen molar-refractivity contribution in [2.24, 2.45) is 0 Å². The molecule has 9 heteroatoms. The Morgan fingerprint density at radius 2 is 2.30 bits per heavy atom. The molecule has 1 amide bonds. The number of nitro groups is 1. The fourth-order valence-corrected chi connectivity index (χ4v) is 1.95. The van der Waals surface area contributed by atoms with Gasteiger partial charge in [-0.15, -0.1) is 0 Å². The summed E-state index contributed by atoms with van der Waals surface area (Å²) in [5, 5.41) is 10.6. The largest absolute Gasteiger partial charge is 0.467 e. The highest BCUT2D eigenvalue weighted by Crippen LogP contribution is 2.16. The zero-order valence-electron chi connectivity index (χ0n) is 10.7. The summed E-state index contributed by atoms with van der Waals surface area (Å²) in [6.45, 7) is 0.550. The minimum absolute atomic E-state index is 0.0429. The number of H-pyrrole nitrogens is 1. The van der Waals surface area contributed by atoms with Crippen LogP contribution >= 0.6 is 0 Å². The molecule has 0 bridgehead atoms. The van der Waals surface area contributed by atoms with Gasteiger partial charge in [-0.1, -0.05) is 0 Å². The molecule has 0 saturated carbocycles. The molecule has 1 aliphatic heterocycles. The molecule has 1 aliphatic rings. The van der Waals surface area contributed by atoms with E-state index in [1.54, 1.807) is 0 Å². The molecule has 1 N–H and O–H groups in total. The maximum Gasteiger partial charge on any atom is 0.331 e. The van der Waals surface area contributed by atoms with E-state index >= 15 is 0 Å². The normalized spacial score (nSPS) is 18.6. The summed E-state index contributed by atoms with van der Waals surface area (Å²) in [4.78, 5) is 37.5. The lowest BCUT2D eigenvalue weighted by Gasteiger charge is -2.32. The molecule has 108 valence electrons. The van der Waals surface area contributed by atoms with Crippen LogP contribution in [-0.2, 0) is 14.3 Å². The fourth-order valence-electron chi connectivity index (χ4n) is 1.95. The highest BCUT2D eigenvalue weighted by atomic mass is 16.6. The van der Waals surface area contributed by atoms with E-state index in [2.05, 4.69) is 9.72 Å². The number of rotatable bonds is 3. The minimum Gasteiger partial charge on any atom is -0.467 e. The summed E-state index contributed by atoms with van der Waals surface area (Å²) < 4.78 is 9.77. The van der Waals surface area contributed by atoms with Crippen molar-refractivity contribution >= 4 is 17.7 Å². The summed E-state index contributed by atoms with van der Waals surface area (Å²) in [6, 6.07) is 1.66. The van der Waals surface area contributed by atoms with Gasteiger partial charge in [0.15, 0.2) is 11.7 Å². The number of methoxy groups -OCH3 is 1. The van der Waals surface area contributed by atoms with E-state index < -0.39 is 22.8 Å². The number of hydrogen-bond acceptors (Lipinski definition) is 6. The van der Waals surface area contributed by atoms with Crippen LogP contribution in [0.15, 0.2) is 12.1 Å². The Morgan fingerprint density at radius 3 is 2.90 bits per heavy atom. The first-order chi connectivity index (χ1) is 9.54. The minimum atomic E-state index is -0.844. The molecule has 1 unspecified atom stereocenters. The molecule has 1 fully saturated rings. The van der Waals surface area contributed by atoms with Gasteiger partial charge in [0.2, 0.25) is 0 Å². The van der Waals surface area contributed by atoms with Gasteiger partial charge in [-0.25, -0.2) is 9.78 Å². The van der Waals surface area contributed by atoms with Crippen molar-refractivity contribution in [3.05, 3.63) is 27.9 Å². The number of esters is 1. The zero-order chi connectivity index (χ0) is 14.7. The molecule has 0 aromatic carbocycles. The number of ether oxygens (including phenoxy) is 2. The summed E-state index contributed by atoms with van der Waals surface area (Å²) in [5.74, 6) is -1.37. The van der Waals surface area contributed by atoms with Crippen molar-refractivity contribution in [2.75, 3.05) is 26.9 Å². The van der Waals surface area contributed by atoms with Crippen LogP contribution in [0.25, 0.3) is 0 Å². The van der Waals surface area contributed by atoms with Crippen molar-refractivity contribution in [1.29, 1.82) is 0 Å². The van der Waals surface area contributed by atoms with E-state index in [-0.39, 0.29) is 24.7 Å². The Morgan fingerprint density at radius 1 is 1.55 bits per heavy atom. The zero-order valence-corrected chi connectivity index (χ0v) is 10.7. The van der Waals surface area contributed by atoms with E-state index in [4.69, 9.17) is 4.74 Å². The second-order valence-electron chi connectivity index (χ2n) is 4.13. The quantitative estimate of drug-likeness (QED) is 0.472. The fraction of sp³-hybridized carbons (Fsp3) is 0.455. The average molecular weight is 283 g/mol. The van der Waals surface area contributed by atoms with Crippen LogP contribution in [0.4, 0.5) is 5.82 Å². The topological polar surface area (TPSA) is 115 Å². The highest BCUT2D eigenvalue weighted by Gasteiger charge is 2.35. The summed E-state index contributed by atoms with van der Waals surface area (Å²) in [7, 11) is 1.22. The van der Waals surface area contributed by atoms with Crippen molar-refractivity contribution in [1.82, 2.24) is 9.88 Å². The van der Waals surface area contributed by atoms with Crippen LogP contribution in [0.3, 0.4) is 0 Å². The first kappa shape index (κ1) is 14.0. The van der Waals surface area contributed by atoms with Crippen molar-refractivity contribution < 1.29 is 24.0 Å². The molecular weight excluding hydrogens is 270 g/mol. The van der Waals surface area contributed by atoms with E-state index in [1.807, 2.05) is 0 Å². The maximum atomic E-state index is 12.3. The third-order valence-corrected chi connectivity index (χ3v) is 2.96. The van der Waals surface area contributed by atoms with Gasteiger partial charge < -0.3 is 24.5 Å². The van der Waals surface area contributed by atoms with Crippen molar-refractivity contribution in [2.45, 2.75) is 6.04 Å². The highest BCUT2D eigenvalue weighted by molar-refractivity contribution is 5.95. The lowest BCUT2D eigenvalue weighted by Crippen LogP contribution is -2.53. The predicted octanol–water partition coefficient (Wildman–Crippen LogP) is -0.0631. The van der Waals surface area contributed by atoms with E-state index in [0.29, 0.717) is 6.61 Å². The third kappa shape index (κ3) is 2.62. The number of nitrogens with zero attached hydrogens (tertiary/aromatic N) is 2. The molecule has 1 aromatic heterocycles. The lowest BCUT2D eigenvalue weighted by molar-refractivity contribution is -0.389. The molecule has 0 spiro atoms. The predicted molar refractivity (Wildman–Crippen MR) is 65.1 cm³/mol. The van der Waals surface area contributed by atoms with Gasteiger partial charge in [0.25, 0.3) is 5.91 Å². The summed E-state index contributed by atoms with van der Waals surface area (Å²) in [5.41, 5.74) is 0.0486. The smallest absolute Gasteiger partial charge is 0.331 e. The number of aromatic nitrogens is 1. The van der Waals surface area contributed by atoms with Crippen LogP contribution < -0.4 is 0 Å².